The summed E-state index contributed by atoms with van der Waals surface area (Å²) in [5.74, 6) is 0.796. The van der Waals surface area contributed by atoms with Crippen molar-refractivity contribution in [2.24, 2.45) is 0 Å². The number of hydrogen-bond donors (Lipinski definition) is 2. The second-order valence-corrected chi connectivity index (χ2v) is 8.17. The molecule has 2 N–H and O–H groups in total. The molecule has 0 bridgehead atoms. The highest BCUT2D eigenvalue weighted by Crippen LogP contribution is 2.26. The van der Waals surface area contributed by atoms with Crippen LogP contribution in [0.5, 0.6) is 5.75 Å². The number of phenols is 1. The molecule has 1 aliphatic heterocycles. The summed E-state index contributed by atoms with van der Waals surface area (Å²) >= 11 is 2.94. The van der Waals surface area contributed by atoms with Gasteiger partial charge in [-0.25, -0.2) is 0 Å². The van der Waals surface area contributed by atoms with Crippen LogP contribution < -0.4 is 10.2 Å². The summed E-state index contributed by atoms with van der Waals surface area (Å²) in [6, 6.07) is 7.19. The van der Waals surface area contributed by atoms with Gasteiger partial charge in [0.05, 0.1) is 5.75 Å². The molecule has 3 rings (SSSR count). The molecule has 0 atom stereocenters. The summed E-state index contributed by atoms with van der Waals surface area (Å²) in [5, 5.41) is 21.6. The second-order valence-electron chi connectivity index (χ2n) is 5.97. The van der Waals surface area contributed by atoms with Gasteiger partial charge >= 0.3 is 0 Å². The maximum Gasteiger partial charge on any atom is 0.233 e. The molecule has 7 nitrogen and oxygen atoms in total. The Labute approximate surface area is 161 Å². The van der Waals surface area contributed by atoms with Crippen molar-refractivity contribution in [3.8, 4) is 5.75 Å². The van der Waals surface area contributed by atoms with Gasteiger partial charge in [-0.2, -0.15) is 0 Å². The van der Waals surface area contributed by atoms with Gasteiger partial charge in [0, 0.05) is 38.4 Å². The number of benzene rings is 1. The topological polar surface area (TPSA) is 81.6 Å². The minimum atomic E-state index is 0.138. The van der Waals surface area contributed by atoms with E-state index in [1.54, 1.807) is 12.1 Å². The number of hydrogen-bond acceptors (Lipinski definition) is 8. The SMILES string of the molecule is CCCNc1nnc(SCC(=O)N2CCN(c3ccc(O)cc3)CC2)s1. The number of carbonyl (C=O) groups excluding carboxylic acids is 1. The average Bonchev–Trinajstić information content (AvgIpc) is 3.13. The first-order valence-corrected chi connectivity index (χ1v) is 10.5. The number of nitrogens with one attached hydrogen (secondary N) is 1. The van der Waals surface area contributed by atoms with Gasteiger partial charge in [-0.15, -0.1) is 10.2 Å². The largest absolute Gasteiger partial charge is 0.508 e. The van der Waals surface area contributed by atoms with E-state index in [4.69, 9.17) is 0 Å². The monoisotopic (exact) mass is 393 g/mol. The van der Waals surface area contributed by atoms with Crippen molar-refractivity contribution >= 4 is 39.8 Å². The number of thioether (sulfide) groups is 1. The molecule has 0 spiro atoms. The lowest BCUT2D eigenvalue weighted by atomic mass is 10.2. The Morgan fingerprint density at radius 1 is 1.23 bits per heavy atom. The fourth-order valence-electron chi connectivity index (χ4n) is 2.66. The molecule has 0 aliphatic carbocycles. The van der Waals surface area contributed by atoms with E-state index in [1.165, 1.54) is 23.1 Å². The first-order chi connectivity index (χ1) is 12.7. The van der Waals surface area contributed by atoms with Crippen LogP contribution in [0.3, 0.4) is 0 Å². The first-order valence-electron chi connectivity index (χ1n) is 8.67. The number of phenolic OH excluding ortho intramolecular Hbond substituents is 1. The van der Waals surface area contributed by atoms with E-state index in [-0.39, 0.29) is 11.7 Å². The molecule has 1 aromatic carbocycles. The van der Waals surface area contributed by atoms with Crippen molar-refractivity contribution in [3.05, 3.63) is 24.3 Å². The lowest BCUT2D eigenvalue weighted by Gasteiger charge is -2.36. The van der Waals surface area contributed by atoms with Gasteiger partial charge in [-0.05, 0) is 30.7 Å². The van der Waals surface area contributed by atoms with E-state index in [9.17, 15) is 9.90 Å². The van der Waals surface area contributed by atoms with E-state index in [2.05, 4.69) is 27.3 Å². The molecule has 9 heteroatoms. The van der Waals surface area contributed by atoms with Crippen molar-refractivity contribution in [1.29, 1.82) is 0 Å². The highest BCUT2D eigenvalue weighted by molar-refractivity contribution is 8.01. The summed E-state index contributed by atoms with van der Waals surface area (Å²) in [5.41, 5.74) is 1.07. The zero-order chi connectivity index (χ0) is 18.4. The lowest BCUT2D eigenvalue weighted by Crippen LogP contribution is -2.49. The molecule has 26 heavy (non-hydrogen) atoms. The van der Waals surface area contributed by atoms with E-state index in [0.29, 0.717) is 18.8 Å². The number of aromatic hydroxyl groups is 1. The molecule has 1 aliphatic rings. The van der Waals surface area contributed by atoms with Crippen molar-refractivity contribution in [1.82, 2.24) is 15.1 Å². The Bertz CT molecular complexity index is 714. The lowest BCUT2D eigenvalue weighted by molar-refractivity contribution is -0.128. The van der Waals surface area contributed by atoms with E-state index in [0.717, 1.165) is 41.2 Å². The molecule has 2 heterocycles. The quantitative estimate of drug-likeness (QED) is 0.700. The van der Waals surface area contributed by atoms with Gasteiger partial charge in [-0.1, -0.05) is 30.0 Å². The fourth-order valence-corrected chi connectivity index (χ4v) is 4.34. The molecule has 1 fully saturated rings. The summed E-state index contributed by atoms with van der Waals surface area (Å²) in [6.07, 6.45) is 1.04. The van der Waals surface area contributed by atoms with Crippen LogP contribution in [-0.2, 0) is 4.79 Å². The third kappa shape index (κ3) is 5.01. The molecular formula is C17H23N5O2S2. The third-order valence-electron chi connectivity index (χ3n) is 4.10. The Balaban J connectivity index is 1.43. The van der Waals surface area contributed by atoms with Crippen LogP contribution in [0.2, 0.25) is 0 Å². The van der Waals surface area contributed by atoms with Crippen LogP contribution in [0.4, 0.5) is 10.8 Å². The normalized spacial score (nSPS) is 14.5. The van der Waals surface area contributed by atoms with Crippen molar-refractivity contribution in [3.63, 3.8) is 0 Å². The number of piperazine rings is 1. The molecular weight excluding hydrogens is 370 g/mol. The predicted octanol–water partition coefficient (Wildman–Crippen LogP) is 2.51. The summed E-state index contributed by atoms with van der Waals surface area (Å²) in [4.78, 5) is 16.6. The Hall–Kier alpha value is -2.00. The van der Waals surface area contributed by atoms with E-state index >= 15 is 0 Å². The summed E-state index contributed by atoms with van der Waals surface area (Å²) in [7, 11) is 0. The Kier molecular flexibility index (Phi) is 6.56. The standard InChI is InChI=1S/C17H23N5O2S2/c1-2-7-18-16-19-20-17(26-16)25-12-15(24)22-10-8-21(9-11-22)13-3-5-14(23)6-4-13/h3-6,23H,2,7-12H2,1H3,(H,18,19). The minimum Gasteiger partial charge on any atom is -0.508 e. The van der Waals surface area contributed by atoms with Gasteiger partial charge in [0.25, 0.3) is 0 Å². The molecule has 1 saturated heterocycles. The summed E-state index contributed by atoms with van der Waals surface area (Å²) in [6.45, 7) is 5.99. The van der Waals surface area contributed by atoms with Crippen molar-refractivity contribution in [2.75, 3.05) is 48.7 Å². The number of aromatic nitrogens is 2. The Morgan fingerprint density at radius 2 is 1.96 bits per heavy atom. The molecule has 0 unspecified atom stereocenters. The van der Waals surface area contributed by atoms with Gasteiger partial charge in [0.2, 0.25) is 11.0 Å². The third-order valence-corrected chi connectivity index (χ3v) is 6.10. The summed E-state index contributed by atoms with van der Waals surface area (Å²) < 4.78 is 0.819. The van der Waals surface area contributed by atoms with Crippen LogP contribution in [-0.4, -0.2) is 64.6 Å². The number of nitrogens with zero attached hydrogens (tertiary/aromatic N) is 4. The van der Waals surface area contributed by atoms with E-state index < -0.39 is 0 Å². The molecule has 1 amide bonds. The molecule has 0 saturated carbocycles. The fraction of sp³-hybridized carbons (Fsp3) is 0.471. The van der Waals surface area contributed by atoms with Crippen LogP contribution >= 0.6 is 23.1 Å². The van der Waals surface area contributed by atoms with Crippen LogP contribution in [0.1, 0.15) is 13.3 Å². The van der Waals surface area contributed by atoms with Crippen LogP contribution in [0, 0.1) is 0 Å². The number of carbonyl (C=O) groups is 1. The molecule has 140 valence electrons. The zero-order valence-corrected chi connectivity index (χ0v) is 16.4. The minimum absolute atomic E-state index is 0.138. The molecule has 1 aromatic heterocycles. The van der Waals surface area contributed by atoms with Crippen LogP contribution in [0.25, 0.3) is 0 Å². The number of rotatable bonds is 7. The highest BCUT2D eigenvalue weighted by atomic mass is 32.2. The maximum absolute atomic E-state index is 12.4. The van der Waals surface area contributed by atoms with Gasteiger partial charge < -0.3 is 20.2 Å². The van der Waals surface area contributed by atoms with Gasteiger partial charge in [-0.3, -0.25) is 4.79 Å². The maximum atomic E-state index is 12.4. The molecule has 0 radical (unpaired) electrons. The second kappa shape index (κ2) is 9.09. The van der Waals surface area contributed by atoms with Gasteiger partial charge in [0.1, 0.15) is 5.75 Å². The first kappa shape index (κ1) is 18.8. The average molecular weight is 394 g/mol. The Morgan fingerprint density at radius 3 is 2.65 bits per heavy atom. The zero-order valence-electron chi connectivity index (χ0n) is 14.7. The predicted molar refractivity (Wildman–Crippen MR) is 106 cm³/mol. The highest BCUT2D eigenvalue weighted by Gasteiger charge is 2.21. The number of anilines is 2. The van der Waals surface area contributed by atoms with Crippen molar-refractivity contribution < 1.29 is 9.90 Å². The number of amides is 1. The van der Waals surface area contributed by atoms with Crippen molar-refractivity contribution in [2.45, 2.75) is 17.7 Å². The smallest absolute Gasteiger partial charge is 0.233 e. The van der Waals surface area contributed by atoms with Gasteiger partial charge in [0.15, 0.2) is 4.34 Å². The van der Waals surface area contributed by atoms with Crippen LogP contribution in [0.15, 0.2) is 28.6 Å². The molecule has 2 aromatic rings. The van der Waals surface area contributed by atoms with E-state index in [1.807, 2.05) is 17.0 Å².